The Morgan fingerprint density at radius 1 is 1.00 bits per heavy atom. The molecule has 1 atom stereocenters. The second-order valence-corrected chi connectivity index (χ2v) is 7.00. The van der Waals surface area contributed by atoms with Crippen LogP contribution in [0.25, 0.3) is 0 Å². The number of halogens is 1. The SMILES string of the molecule is O=CC(c1ccc(Br)cc1)C(CCCc1ccccc1)(C(=O)O)C(=O)O. The molecule has 0 fully saturated rings. The quantitative estimate of drug-likeness (QED) is 0.475. The Labute approximate surface area is 159 Å². The van der Waals surface area contributed by atoms with Gasteiger partial charge in [-0.15, -0.1) is 0 Å². The van der Waals surface area contributed by atoms with Gasteiger partial charge in [0.1, 0.15) is 6.29 Å². The molecule has 2 rings (SSSR count). The first-order valence-electron chi connectivity index (χ1n) is 8.13. The van der Waals surface area contributed by atoms with Crippen molar-refractivity contribution in [3.8, 4) is 0 Å². The molecule has 26 heavy (non-hydrogen) atoms. The predicted molar refractivity (Wildman–Crippen MR) is 100 cm³/mol. The minimum absolute atomic E-state index is 0.147. The molecule has 0 radical (unpaired) electrons. The largest absolute Gasteiger partial charge is 0.480 e. The van der Waals surface area contributed by atoms with Crippen LogP contribution in [-0.4, -0.2) is 28.4 Å². The van der Waals surface area contributed by atoms with E-state index in [9.17, 15) is 24.6 Å². The number of hydrogen-bond donors (Lipinski definition) is 2. The van der Waals surface area contributed by atoms with Crippen LogP contribution >= 0.6 is 15.9 Å². The van der Waals surface area contributed by atoms with Gasteiger partial charge >= 0.3 is 11.9 Å². The summed E-state index contributed by atoms with van der Waals surface area (Å²) in [6.07, 6.45) is 1.15. The first kappa shape index (κ1) is 19.8. The third-order valence-electron chi connectivity index (χ3n) is 4.54. The van der Waals surface area contributed by atoms with E-state index >= 15 is 0 Å². The molecule has 6 heteroatoms. The number of rotatable bonds is 9. The number of carboxylic acid groups (broad SMARTS) is 2. The molecule has 0 amide bonds. The third-order valence-corrected chi connectivity index (χ3v) is 5.07. The highest BCUT2D eigenvalue weighted by molar-refractivity contribution is 9.10. The maximum absolute atomic E-state index is 12.0. The fourth-order valence-electron chi connectivity index (χ4n) is 3.09. The highest BCUT2D eigenvalue weighted by Crippen LogP contribution is 2.40. The van der Waals surface area contributed by atoms with Crippen molar-refractivity contribution in [3.05, 3.63) is 70.2 Å². The van der Waals surface area contributed by atoms with Gasteiger partial charge in [-0.1, -0.05) is 58.4 Å². The van der Waals surface area contributed by atoms with Gasteiger partial charge in [0.05, 0.1) is 5.92 Å². The normalized spacial score (nSPS) is 12.3. The third kappa shape index (κ3) is 4.19. The van der Waals surface area contributed by atoms with E-state index in [4.69, 9.17) is 0 Å². The number of carbonyl (C=O) groups is 3. The molecular formula is C20H19BrO5. The first-order valence-corrected chi connectivity index (χ1v) is 8.92. The molecular weight excluding hydrogens is 400 g/mol. The van der Waals surface area contributed by atoms with Crippen LogP contribution in [0.4, 0.5) is 0 Å². The zero-order valence-electron chi connectivity index (χ0n) is 14.0. The van der Waals surface area contributed by atoms with E-state index in [-0.39, 0.29) is 6.42 Å². The number of aldehydes is 1. The Morgan fingerprint density at radius 2 is 1.58 bits per heavy atom. The number of aryl methyl sites for hydroxylation is 1. The predicted octanol–water partition coefficient (Wildman–Crippen LogP) is 3.91. The summed E-state index contributed by atoms with van der Waals surface area (Å²) in [6, 6.07) is 15.9. The highest BCUT2D eigenvalue weighted by Gasteiger charge is 2.53. The lowest BCUT2D eigenvalue weighted by atomic mass is 9.69. The van der Waals surface area contributed by atoms with Gasteiger partial charge in [-0.2, -0.15) is 0 Å². The van der Waals surface area contributed by atoms with Crippen LogP contribution in [0.15, 0.2) is 59.1 Å². The molecule has 0 aliphatic rings. The minimum Gasteiger partial charge on any atom is -0.480 e. The van der Waals surface area contributed by atoms with Gasteiger partial charge in [0.2, 0.25) is 0 Å². The maximum atomic E-state index is 12.0. The monoisotopic (exact) mass is 418 g/mol. The van der Waals surface area contributed by atoms with Crippen LogP contribution in [0.2, 0.25) is 0 Å². The van der Waals surface area contributed by atoms with Gasteiger partial charge < -0.3 is 15.0 Å². The number of aliphatic carboxylic acids is 2. The smallest absolute Gasteiger partial charge is 0.322 e. The lowest BCUT2D eigenvalue weighted by Crippen LogP contribution is -2.45. The van der Waals surface area contributed by atoms with Crippen molar-refractivity contribution in [2.45, 2.75) is 25.2 Å². The van der Waals surface area contributed by atoms with Crippen molar-refractivity contribution in [3.63, 3.8) is 0 Å². The molecule has 0 aliphatic heterocycles. The zero-order valence-corrected chi connectivity index (χ0v) is 15.6. The Balaban J connectivity index is 2.33. The Morgan fingerprint density at radius 3 is 2.08 bits per heavy atom. The molecule has 2 aromatic carbocycles. The van der Waals surface area contributed by atoms with Crippen molar-refractivity contribution in [1.29, 1.82) is 0 Å². The molecule has 0 aromatic heterocycles. The van der Waals surface area contributed by atoms with Gasteiger partial charge in [0.25, 0.3) is 0 Å². The Kier molecular flexibility index (Phi) is 6.69. The van der Waals surface area contributed by atoms with Gasteiger partial charge in [0.15, 0.2) is 5.41 Å². The molecule has 0 spiro atoms. The van der Waals surface area contributed by atoms with Crippen LogP contribution in [0, 0.1) is 5.41 Å². The number of benzene rings is 2. The summed E-state index contributed by atoms with van der Waals surface area (Å²) < 4.78 is 0.756. The van der Waals surface area contributed by atoms with Crippen LogP contribution in [0.5, 0.6) is 0 Å². The van der Waals surface area contributed by atoms with Crippen LogP contribution in [-0.2, 0) is 20.8 Å². The zero-order chi connectivity index (χ0) is 19.2. The van der Waals surface area contributed by atoms with Crippen LogP contribution in [0.3, 0.4) is 0 Å². The van der Waals surface area contributed by atoms with Gasteiger partial charge in [-0.05, 0) is 42.5 Å². The standard InChI is InChI=1S/C20H19BrO5/c21-16-10-8-15(9-11-16)17(13-22)20(18(23)24,19(25)26)12-4-7-14-5-2-1-3-6-14/h1-3,5-6,8-11,13,17H,4,7,12H2,(H,23,24)(H,25,26). The average molecular weight is 419 g/mol. The van der Waals surface area contributed by atoms with Gasteiger partial charge in [-0.3, -0.25) is 9.59 Å². The summed E-state index contributed by atoms with van der Waals surface area (Å²) in [7, 11) is 0. The number of carbonyl (C=O) groups excluding carboxylic acids is 1. The lowest BCUT2D eigenvalue weighted by molar-refractivity contribution is -0.168. The molecule has 0 heterocycles. The summed E-state index contributed by atoms with van der Waals surface area (Å²) in [5.41, 5.74) is -0.846. The van der Waals surface area contributed by atoms with Crippen LogP contribution in [0.1, 0.15) is 29.9 Å². The molecule has 5 nitrogen and oxygen atoms in total. The fraction of sp³-hybridized carbons (Fsp3) is 0.250. The summed E-state index contributed by atoms with van der Waals surface area (Å²) in [5.74, 6) is -4.28. The van der Waals surface area contributed by atoms with Gasteiger partial charge in [0, 0.05) is 4.47 Å². The van der Waals surface area contributed by atoms with Crippen LogP contribution < -0.4 is 0 Å². The topological polar surface area (TPSA) is 91.7 Å². The molecule has 0 saturated heterocycles. The molecule has 0 bridgehead atoms. The number of carboxylic acids is 2. The molecule has 2 N–H and O–H groups in total. The van der Waals surface area contributed by atoms with E-state index in [1.54, 1.807) is 24.3 Å². The lowest BCUT2D eigenvalue weighted by Gasteiger charge is -2.30. The van der Waals surface area contributed by atoms with Gasteiger partial charge in [-0.25, -0.2) is 0 Å². The average Bonchev–Trinajstić information content (AvgIpc) is 2.62. The van der Waals surface area contributed by atoms with E-state index in [1.807, 2.05) is 30.3 Å². The van der Waals surface area contributed by atoms with E-state index < -0.39 is 23.3 Å². The summed E-state index contributed by atoms with van der Waals surface area (Å²) in [5, 5.41) is 19.5. The first-order chi connectivity index (χ1) is 12.4. The summed E-state index contributed by atoms with van der Waals surface area (Å²) in [4.78, 5) is 35.7. The maximum Gasteiger partial charge on any atom is 0.322 e. The van der Waals surface area contributed by atoms with E-state index in [1.165, 1.54) is 0 Å². The molecule has 1 unspecified atom stereocenters. The fourth-order valence-corrected chi connectivity index (χ4v) is 3.36. The molecule has 0 aliphatic carbocycles. The van der Waals surface area contributed by atoms with E-state index in [2.05, 4.69) is 15.9 Å². The van der Waals surface area contributed by atoms with E-state index in [0.717, 1.165) is 10.0 Å². The number of hydrogen-bond acceptors (Lipinski definition) is 3. The van der Waals surface area contributed by atoms with Crippen molar-refractivity contribution < 1.29 is 24.6 Å². The van der Waals surface area contributed by atoms with Crippen molar-refractivity contribution in [2.24, 2.45) is 5.41 Å². The summed E-state index contributed by atoms with van der Waals surface area (Å²) in [6.45, 7) is 0. The van der Waals surface area contributed by atoms with E-state index in [0.29, 0.717) is 24.7 Å². The van der Waals surface area contributed by atoms with Crippen molar-refractivity contribution >= 4 is 34.2 Å². The molecule has 2 aromatic rings. The Bertz CT molecular complexity index is 757. The Hall–Kier alpha value is -2.47. The highest BCUT2D eigenvalue weighted by atomic mass is 79.9. The molecule has 0 saturated carbocycles. The van der Waals surface area contributed by atoms with Crippen molar-refractivity contribution in [2.75, 3.05) is 0 Å². The second kappa shape index (κ2) is 8.76. The minimum atomic E-state index is -2.20. The van der Waals surface area contributed by atoms with Crippen molar-refractivity contribution in [1.82, 2.24) is 0 Å². The summed E-state index contributed by atoms with van der Waals surface area (Å²) >= 11 is 3.27. The second-order valence-electron chi connectivity index (χ2n) is 6.09. The molecule has 136 valence electrons.